The van der Waals surface area contributed by atoms with E-state index in [9.17, 15) is 9.59 Å². The van der Waals surface area contributed by atoms with Crippen molar-refractivity contribution < 1.29 is 14.7 Å². The molecule has 0 fully saturated rings. The van der Waals surface area contributed by atoms with Gasteiger partial charge in [-0.05, 0) is 35.9 Å². The number of carboxylic acid groups (broad SMARTS) is 1. The maximum absolute atomic E-state index is 12.1. The van der Waals surface area contributed by atoms with E-state index in [2.05, 4.69) is 20.7 Å². The van der Waals surface area contributed by atoms with Crippen LogP contribution in [-0.2, 0) is 0 Å². The number of hydrogen-bond acceptors (Lipinski definition) is 4. The van der Waals surface area contributed by atoms with Gasteiger partial charge in [0.1, 0.15) is 5.69 Å². The first-order chi connectivity index (χ1) is 12.5. The van der Waals surface area contributed by atoms with E-state index >= 15 is 0 Å². The minimum absolute atomic E-state index is 0.179. The van der Waals surface area contributed by atoms with Crippen molar-refractivity contribution in [3.63, 3.8) is 0 Å². The average molecular weight is 369 g/mol. The Morgan fingerprint density at radius 1 is 1.12 bits per heavy atom. The van der Waals surface area contributed by atoms with Crippen LogP contribution in [0.3, 0.4) is 0 Å². The highest BCUT2D eigenvalue weighted by Gasteiger charge is 2.10. The van der Waals surface area contributed by atoms with Crippen molar-refractivity contribution in [2.45, 2.75) is 0 Å². The second-order valence-corrected chi connectivity index (χ2v) is 5.74. The Bertz CT molecular complexity index is 963. The highest BCUT2D eigenvalue weighted by Crippen LogP contribution is 2.20. The molecule has 130 valence electrons. The lowest BCUT2D eigenvalue weighted by Gasteiger charge is -1.97. The zero-order chi connectivity index (χ0) is 18.5. The topological polar surface area (TPSA) is 107 Å². The first-order valence-electron chi connectivity index (χ1n) is 7.51. The molecule has 0 radical (unpaired) electrons. The number of carboxylic acids is 1. The van der Waals surface area contributed by atoms with E-state index in [0.29, 0.717) is 16.3 Å². The van der Waals surface area contributed by atoms with Gasteiger partial charge in [0, 0.05) is 10.6 Å². The van der Waals surface area contributed by atoms with Crippen LogP contribution >= 0.6 is 11.6 Å². The fraction of sp³-hybridized carbons (Fsp3) is 0. The van der Waals surface area contributed by atoms with Crippen LogP contribution in [0.5, 0.6) is 0 Å². The second kappa shape index (κ2) is 7.62. The van der Waals surface area contributed by atoms with Crippen molar-refractivity contribution in [3.8, 4) is 11.3 Å². The first kappa shape index (κ1) is 17.4. The van der Waals surface area contributed by atoms with Gasteiger partial charge >= 0.3 is 5.97 Å². The monoisotopic (exact) mass is 368 g/mol. The third kappa shape index (κ3) is 4.14. The van der Waals surface area contributed by atoms with E-state index in [1.54, 1.807) is 42.5 Å². The van der Waals surface area contributed by atoms with E-state index in [-0.39, 0.29) is 11.3 Å². The molecule has 1 amide bonds. The number of carbonyl (C=O) groups is 2. The molecular weight excluding hydrogens is 356 g/mol. The van der Waals surface area contributed by atoms with E-state index in [1.807, 2.05) is 0 Å². The van der Waals surface area contributed by atoms with Gasteiger partial charge < -0.3 is 5.11 Å². The molecule has 0 saturated carbocycles. The molecule has 0 aliphatic carbocycles. The summed E-state index contributed by atoms with van der Waals surface area (Å²) in [5.74, 6) is -1.45. The molecule has 8 heteroatoms. The van der Waals surface area contributed by atoms with Gasteiger partial charge in [-0.3, -0.25) is 9.89 Å². The molecule has 0 aliphatic heterocycles. The summed E-state index contributed by atoms with van der Waals surface area (Å²) in [4.78, 5) is 22.9. The number of carbonyl (C=O) groups excluding carboxylic acids is 1. The van der Waals surface area contributed by atoms with Crippen LogP contribution in [0.25, 0.3) is 11.3 Å². The zero-order valence-electron chi connectivity index (χ0n) is 13.3. The van der Waals surface area contributed by atoms with Crippen LogP contribution in [0, 0.1) is 0 Å². The predicted octanol–water partition coefficient (Wildman–Crippen LogP) is 3.19. The van der Waals surface area contributed by atoms with Gasteiger partial charge in [0.2, 0.25) is 0 Å². The van der Waals surface area contributed by atoms with Crippen LogP contribution in [-0.4, -0.2) is 33.4 Å². The molecule has 26 heavy (non-hydrogen) atoms. The van der Waals surface area contributed by atoms with Crippen molar-refractivity contribution in [3.05, 3.63) is 76.4 Å². The molecule has 1 aromatic heterocycles. The van der Waals surface area contributed by atoms with Gasteiger partial charge in [0.15, 0.2) is 0 Å². The van der Waals surface area contributed by atoms with E-state index in [4.69, 9.17) is 16.7 Å². The Morgan fingerprint density at radius 3 is 2.46 bits per heavy atom. The maximum atomic E-state index is 12.1. The molecule has 0 bridgehead atoms. The number of halogens is 1. The standard InChI is InChI=1S/C18H13ClN4O3/c19-14-7-5-12(6-8-14)15-9-16(22-21-15)17(24)23-20-10-11-1-3-13(4-2-11)18(25)26/h1-10H,(H,21,22)(H,23,24)(H,25,26)/b20-10-. The molecule has 0 unspecified atom stereocenters. The third-order valence-corrected chi connectivity index (χ3v) is 3.75. The van der Waals surface area contributed by atoms with Crippen LogP contribution in [0.15, 0.2) is 59.7 Å². The molecule has 0 spiro atoms. The number of H-pyrrole nitrogens is 1. The number of amides is 1. The number of hydrazone groups is 1. The molecule has 1 heterocycles. The zero-order valence-corrected chi connectivity index (χ0v) is 14.1. The van der Waals surface area contributed by atoms with Crippen molar-refractivity contribution in [1.82, 2.24) is 15.6 Å². The van der Waals surface area contributed by atoms with E-state index < -0.39 is 11.9 Å². The summed E-state index contributed by atoms with van der Waals surface area (Å²) in [6.45, 7) is 0. The summed E-state index contributed by atoms with van der Waals surface area (Å²) in [5.41, 5.74) is 4.91. The molecule has 2 aromatic carbocycles. The maximum Gasteiger partial charge on any atom is 0.335 e. The van der Waals surface area contributed by atoms with Gasteiger partial charge in [0.25, 0.3) is 5.91 Å². The minimum Gasteiger partial charge on any atom is -0.478 e. The molecule has 3 rings (SSSR count). The quantitative estimate of drug-likeness (QED) is 0.474. The molecule has 0 saturated heterocycles. The lowest BCUT2D eigenvalue weighted by Crippen LogP contribution is -2.18. The number of aromatic amines is 1. The lowest BCUT2D eigenvalue weighted by molar-refractivity contribution is 0.0696. The number of aromatic carboxylic acids is 1. The largest absolute Gasteiger partial charge is 0.478 e. The molecule has 3 N–H and O–H groups in total. The molecule has 7 nitrogen and oxygen atoms in total. The number of rotatable bonds is 5. The van der Waals surface area contributed by atoms with Gasteiger partial charge in [-0.2, -0.15) is 10.2 Å². The normalized spacial score (nSPS) is 10.8. The number of nitrogens with one attached hydrogen (secondary N) is 2. The highest BCUT2D eigenvalue weighted by atomic mass is 35.5. The third-order valence-electron chi connectivity index (χ3n) is 3.50. The van der Waals surface area contributed by atoms with E-state index in [0.717, 1.165) is 5.56 Å². The smallest absolute Gasteiger partial charge is 0.335 e. The second-order valence-electron chi connectivity index (χ2n) is 5.30. The first-order valence-corrected chi connectivity index (χ1v) is 7.89. The molecular formula is C18H13ClN4O3. The highest BCUT2D eigenvalue weighted by molar-refractivity contribution is 6.30. The number of hydrogen-bond donors (Lipinski definition) is 3. The predicted molar refractivity (Wildman–Crippen MR) is 97.5 cm³/mol. The van der Waals surface area contributed by atoms with Crippen molar-refractivity contribution in [2.24, 2.45) is 5.10 Å². The Balaban J connectivity index is 1.63. The minimum atomic E-state index is -1.00. The SMILES string of the molecule is O=C(O)c1ccc(/C=N\NC(=O)c2cc(-c3ccc(Cl)cc3)n[nH]2)cc1. The van der Waals surface area contributed by atoms with Gasteiger partial charge in [0.05, 0.1) is 17.5 Å². The van der Waals surface area contributed by atoms with Crippen molar-refractivity contribution >= 4 is 29.7 Å². The molecule has 0 atom stereocenters. The van der Waals surface area contributed by atoms with Gasteiger partial charge in [-0.1, -0.05) is 35.9 Å². The Labute approximate surface area is 153 Å². The summed E-state index contributed by atoms with van der Waals surface area (Å²) in [6, 6.07) is 14.8. The summed E-state index contributed by atoms with van der Waals surface area (Å²) < 4.78 is 0. The Hall–Kier alpha value is -3.45. The average Bonchev–Trinajstić information content (AvgIpc) is 3.13. The van der Waals surface area contributed by atoms with Crippen molar-refractivity contribution in [1.29, 1.82) is 0 Å². The summed E-state index contributed by atoms with van der Waals surface area (Å²) in [6.07, 6.45) is 1.42. The van der Waals surface area contributed by atoms with E-state index in [1.165, 1.54) is 18.3 Å². The Morgan fingerprint density at radius 2 is 1.81 bits per heavy atom. The van der Waals surface area contributed by atoms with Crippen LogP contribution in [0.4, 0.5) is 0 Å². The van der Waals surface area contributed by atoms with Crippen LogP contribution < -0.4 is 5.43 Å². The lowest BCUT2D eigenvalue weighted by atomic mass is 10.1. The fourth-order valence-electron chi connectivity index (χ4n) is 2.14. The number of benzene rings is 2. The summed E-state index contributed by atoms with van der Waals surface area (Å²) in [7, 11) is 0. The van der Waals surface area contributed by atoms with Gasteiger partial charge in [-0.25, -0.2) is 10.2 Å². The molecule has 3 aromatic rings. The fourth-order valence-corrected chi connectivity index (χ4v) is 2.27. The Kier molecular flexibility index (Phi) is 5.09. The summed E-state index contributed by atoms with van der Waals surface area (Å²) >= 11 is 5.85. The van der Waals surface area contributed by atoms with Crippen molar-refractivity contribution in [2.75, 3.05) is 0 Å². The van der Waals surface area contributed by atoms with Crippen LogP contribution in [0.1, 0.15) is 26.4 Å². The van der Waals surface area contributed by atoms with Crippen LogP contribution in [0.2, 0.25) is 5.02 Å². The molecule has 0 aliphatic rings. The summed E-state index contributed by atoms with van der Waals surface area (Å²) in [5, 5.41) is 20.1. The van der Waals surface area contributed by atoms with Gasteiger partial charge in [-0.15, -0.1) is 0 Å². The number of nitrogens with zero attached hydrogens (tertiary/aromatic N) is 2. The number of aromatic nitrogens is 2.